The van der Waals surface area contributed by atoms with Crippen LogP contribution in [0.2, 0.25) is 0 Å². The van der Waals surface area contributed by atoms with E-state index in [2.05, 4.69) is 19.2 Å². The van der Waals surface area contributed by atoms with E-state index < -0.39 is 11.5 Å². The summed E-state index contributed by atoms with van der Waals surface area (Å²) in [5.41, 5.74) is -0.766. The highest BCUT2D eigenvalue weighted by atomic mass is 16.4. The van der Waals surface area contributed by atoms with Crippen LogP contribution in [0.5, 0.6) is 0 Å². The first-order valence-corrected chi connectivity index (χ1v) is 7.47. The van der Waals surface area contributed by atoms with Crippen molar-refractivity contribution in [3.05, 3.63) is 0 Å². The van der Waals surface area contributed by atoms with Crippen molar-refractivity contribution in [2.75, 3.05) is 0 Å². The summed E-state index contributed by atoms with van der Waals surface area (Å²) >= 11 is 0. The number of carboxylic acid groups (broad SMARTS) is 1. The van der Waals surface area contributed by atoms with Crippen LogP contribution in [-0.4, -0.2) is 22.7 Å². The molecular weight excluding hydrogens is 226 g/mol. The molecule has 0 aromatic heterocycles. The molecule has 0 saturated heterocycles. The zero-order valence-electron chi connectivity index (χ0n) is 12.6. The third-order valence-electron chi connectivity index (χ3n) is 3.53. The third-order valence-corrected chi connectivity index (χ3v) is 3.53. The van der Waals surface area contributed by atoms with Gasteiger partial charge in [0.05, 0.1) is 0 Å². The normalized spacial score (nSPS) is 16.2. The van der Waals surface area contributed by atoms with Gasteiger partial charge in [-0.05, 0) is 26.7 Å². The quantitative estimate of drug-likeness (QED) is 0.551. The highest BCUT2D eigenvalue weighted by Gasteiger charge is 2.32. The minimum Gasteiger partial charge on any atom is -0.480 e. The Morgan fingerprint density at radius 2 is 1.78 bits per heavy atom. The summed E-state index contributed by atoms with van der Waals surface area (Å²) in [5, 5.41) is 12.6. The maximum absolute atomic E-state index is 11.3. The molecule has 0 aliphatic carbocycles. The van der Waals surface area contributed by atoms with Gasteiger partial charge >= 0.3 is 5.97 Å². The molecule has 0 fully saturated rings. The lowest BCUT2D eigenvalue weighted by molar-refractivity contribution is -0.144. The number of hydrogen-bond acceptors (Lipinski definition) is 2. The minimum absolute atomic E-state index is 0.277. The van der Waals surface area contributed by atoms with Gasteiger partial charge in [0.2, 0.25) is 0 Å². The molecule has 2 atom stereocenters. The second-order valence-electron chi connectivity index (χ2n) is 5.64. The molecule has 0 rings (SSSR count). The van der Waals surface area contributed by atoms with E-state index in [0.29, 0.717) is 6.42 Å². The largest absolute Gasteiger partial charge is 0.480 e. The smallest absolute Gasteiger partial charge is 0.323 e. The molecule has 0 radical (unpaired) electrons. The van der Waals surface area contributed by atoms with E-state index >= 15 is 0 Å². The first-order chi connectivity index (χ1) is 8.46. The first-order valence-electron chi connectivity index (χ1n) is 7.47. The number of aliphatic carboxylic acids is 1. The van der Waals surface area contributed by atoms with Gasteiger partial charge in [-0.15, -0.1) is 0 Å². The van der Waals surface area contributed by atoms with Crippen molar-refractivity contribution in [1.82, 2.24) is 5.32 Å². The standard InChI is InChI=1S/C15H31NO2/c1-5-7-8-9-10-11-13(3)16-15(4,12-6-2)14(17)18/h13,16H,5-12H2,1-4H3,(H,17,18). The van der Waals surface area contributed by atoms with Crippen molar-refractivity contribution in [1.29, 1.82) is 0 Å². The van der Waals surface area contributed by atoms with Crippen LogP contribution < -0.4 is 5.32 Å². The summed E-state index contributed by atoms with van der Waals surface area (Å²) in [6.45, 7) is 8.13. The van der Waals surface area contributed by atoms with Crippen molar-refractivity contribution in [2.24, 2.45) is 0 Å². The molecular formula is C15H31NO2. The fraction of sp³-hybridized carbons (Fsp3) is 0.933. The zero-order chi connectivity index (χ0) is 14.0. The van der Waals surface area contributed by atoms with Gasteiger partial charge in [-0.3, -0.25) is 10.1 Å². The van der Waals surface area contributed by atoms with Gasteiger partial charge in [-0.2, -0.15) is 0 Å². The van der Waals surface area contributed by atoms with Gasteiger partial charge in [0.25, 0.3) is 0 Å². The molecule has 0 aromatic carbocycles. The highest BCUT2D eigenvalue weighted by molar-refractivity contribution is 5.78. The van der Waals surface area contributed by atoms with Crippen molar-refractivity contribution in [2.45, 2.75) is 90.6 Å². The fourth-order valence-electron chi connectivity index (χ4n) is 2.41. The maximum Gasteiger partial charge on any atom is 0.323 e. The van der Waals surface area contributed by atoms with E-state index in [1.54, 1.807) is 6.92 Å². The molecule has 0 saturated carbocycles. The van der Waals surface area contributed by atoms with Crippen LogP contribution in [0.1, 0.15) is 79.1 Å². The molecule has 108 valence electrons. The van der Waals surface area contributed by atoms with E-state index in [1.807, 2.05) is 6.92 Å². The lowest BCUT2D eigenvalue weighted by atomic mass is 9.94. The Morgan fingerprint density at radius 1 is 1.17 bits per heavy atom. The second-order valence-corrected chi connectivity index (χ2v) is 5.64. The van der Waals surface area contributed by atoms with Gasteiger partial charge < -0.3 is 5.11 Å². The summed E-state index contributed by atoms with van der Waals surface area (Å²) in [6, 6.07) is 0.277. The highest BCUT2D eigenvalue weighted by Crippen LogP contribution is 2.16. The van der Waals surface area contributed by atoms with Gasteiger partial charge in [0.15, 0.2) is 0 Å². The molecule has 3 nitrogen and oxygen atoms in total. The maximum atomic E-state index is 11.3. The molecule has 0 spiro atoms. The SMILES string of the molecule is CCCCCCCC(C)NC(C)(CCC)C(=O)O. The van der Waals surface area contributed by atoms with Crippen LogP contribution in [0.25, 0.3) is 0 Å². The molecule has 2 unspecified atom stereocenters. The Balaban J connectivity index is 3.95. The fourth-order valence-corrected chi connectivity index (χ4v) is 2.41. The van der Waals surface area contributed by atoms with Crippen LogP contribution in [-0.2, 0) is 4.79 Å². The number of carboxylic acids is 1. The lowest BCUT2D eigenvalue weighted by Crippen LogP contribution is -2.53. The van der Waals surface area contributed by atoms with E-state index in [-0.39, 0.29) is 6.04 Å². The van der Waals surface area contributed by atoms with E-state index in [1.165, 1.54) is 32.1 Å². The van der Waals surface area contributed by atoms with Crippen LogP contribution in [0.15, 0.2) is 0 Å². The summed E-state index contributed by atoms with van der Waals surface area (Å²) < 4.78 is 0. The van der Waals surface area contributed by atoms with E-state index in [4.69, 9.17) is 0 Å². The average Bonchev–Trinajstić information content (AvgIpc) is 2.28. The molecule has 0 aliphatic rings. The molecule has 0 amide bonds. The van der Waals surface area contributed by atoms with Gasteiger partial charge in [-0.1, -0.05) is 52.4 Å². The second kappa shape index (κ2) is 9.37. The number of rotatable bonds is 11. The third kappa shape index (κ3) is 7.00. The Bertz CT molecular complexity index is 231. The van der Waals surface area contributed by atoms with Crippen LogP contribution in [0.4, 0.5) is 0 Å². The van der Waals surface area contributed by atoms with Gasteiger partial charge in [-0.25, -0.2) is 0 Å². The Kier molecular flexibility index (Phi) is 9.08. The topological polar surface area (TPSA) is 49.3 Å². The summed E-state index contributed by atoms with van der Waals surface area (Å²) in [7, 11) is 0. The zero-order valence-corrected chi connectivity index (χ0v) is 12.6. The van der Waals surface area contributed by atoms with Gasteiger partial charge in [0.1, 0.15) is 5.54 Å². The predicted molar refractivity (Wildman–Crippen MR) is 76.9 cm³/mol. The van der Waals surface area contributed by atoms with Crippen LogP contribution in [0.3, 0.4) is 0 Å². The average molecular weight is 257 g/mol. The monoisotopic (exact) mass is 257 g/mol. The van der Waals surface area contributed by atoms with Crippen LogP contribution in [0, 0.1) is 0 Å². The summed E-state index contributed by atoms with van der Waals surface area (Å²) in [4.78, 5) is 11.3. The van der Waals surface area contributed by atoms with E-state index in [0.717, 1.165) is 12.8 Å². The van der Waals surface area contributed by atoms with Gasteiger partial charge in [0, 0.05) is 6.04 Å². The van der Waals surface area contributed by atoms with Crippen molar-refractivity contribution in [3.8, 4) is 0 Å². The number of unbranched alkanes of at least 4 members (excludes halogenated alkanes) is 4. The molecule has 0 bridgehead atoms. The molecule has 18 heavy (non-hydrogen) atoms. The molecule has 2 N–H and O–H groups in total. The Labute approximate surface area is 112 Å². The van der Waals surface area contributed by atoms with Crippen molar-refractivity contribution >= 4 is 5.97 Å². The molecule has 0 heterocycles. The Hall–Kier alpha value is -0.570. The molecule has 0 aliphatic heterocycles. The molecule has 0 aromatic rings. The first kappa shape index (κ1) is 17.4. The van der Waals surface area contributed by atoms with Crippen LogP contribution >= 0.6 is 0 Å². The minimum atomic E-state index is -0.766. The van der Waals surface area contributed by atoms with E-state index in [9.17, 15) is 9.90 Å². The Morgan fingerprint density at radius 3 is 2.28 bits per heavy atom. The summed E-state index contributed by atoms with van der Waals surface area (Å²) in [5.74, 6) is -0.734. The van der Waals surface area contributed by atoms with Crippen molar-refractivity contribution < 1.29 is 9.90 Å². The number of carbonyl (C=O) groups is 1. The predicted octanol–water partition coefficient (Wildman–Crippen LogP) is 3.97. The number of nitrogens with one attached hydrogen (secondary N) is 1. The van der Waals surface area contributed by atoms with Crippen molar-refractivity contribution in [3.63, 3.8) is 0 Å². The lowest BCUT2D eigenvalue weighted by Gasteiger charge is -2.29. The number of hydrogen-bond donors (Lipinski definition) is 2. The molecule has 3 heteroatoms. The summed E-state index contributed by atoms with van der Waals surface area (Å²) in [6.07, 6.45) is 8.96.